The number of fused-ring (bicyclic) bond motifs is 1. The molecule has 2 N–H and O–H groups in total. The van der Waals surface area contributed by atoms with E-state index in [1.807, 2.05) is 6.92 Å². The Morgan fingerprint density at radius 3 is 2.78 bits per heavy atom. The average Bonchev–Trinajstić information content (AvgIpc) is 3.13. The summed E-state index contributed by atoms with van der Waals surface area (Å²) < 4.78 is 53.5. The molecular formula is C26H36ClF3N4O3. The molecular weight excluding hydrogens is 509 g/mol. The van der Waals surface area contributed by atoms with E-state index >= 15 is 0 Å². The highest BCUT2D eigenvalue weighted by Crippen LogP contribution is 2.35. The van der Waals surface area contributed by atoms with E-state index in [2.05, 4.69) is 20.1 Å². The van der Waals surface area contributed by atoms with Crippen LogP contribution in [0.25, 0.3) is 0 Å². The van der Waals surface area contributed by atoms with Gasteiger partial charge in [-0.15, -0.1) is 11.6 Å². The third-order valence-corrected chi connectivity index (χ3v) is 8.48. The third-order valence-electron chi connectivity index (χ3n) is 8.08. The fourth-order valence-corrected chi connectivity index (χ4v) is 6.04. The van der Waals surface area contributed by atoms with E-state index in [1.165, 1.54) is 6.07 Å². The van der Waals surface area contributed by atoms with Crippen molar-refractivity contribution in [2.45, 2.75) is 75.8 Å². The fourth-order valence-electron chi connectivity index (χ4n) is 5.74. The molecule has 0 bridgehead atoms. The van der Waals surface area contributed by atoms with Crippen molar-refractivity contribution in [1.82, 2.24) is 20.1 Å². The molecule has 1 aromatic heterocycles. The number of aromatic nitrogens is 1. The van der Waals surface area contributed by atoms with Gasteiger partial charge in [-0.25, -0.2) is 18.2 Å². The molecule has 7 nitrogen and oxygen atoms in total. The predicted octanol–water partition coefficient (Wildman–Crippen LogP) is 3.75. The Balaban J connectivity index is 1.26. The predicted molar refractivity (Wildman–Crippen MR) is 133 cm³/mol. The Hall–Kier alpha value is -1.75. The number of nitrogens with one attached hydrogen (secondary N) is 1. The van der Waals surface area contributed by atoms with E-state index in [0.29, 0.717) is 51.1 Å². The number of nitrogens with zero attached hydrogens (tertiary/aromatic N) is 3. The zero-order valence-electron chi connectivity index (χ0n) is 21.1. The van der Waals surface area contributed by atoms with Crippen LogP contribution in [-0.2, 0) is 17.7 Å². The zero-order valence-corrected chi connectivity index (χ0v) is 21.9. The topological polar surface area (TPSA) is 70.1 Å². The smallest absolute Gasteiger partial charge is 0.269 e. The Morgan fingerprint density at radius 1 is 1.30 bits per heavy atom. The minimum Gasteiger partial charge on any atom is -0.477 e. The molecule has 5 unspecified atom stereocenters. The molecule has 1 saturated heterocycles. The first-order valence-corrected chi connectivity index (χ1v) is 13.7. The quantitative estimate of drug-likeness (QED) is 0.459. The van der Waals surface area contributed by atoms with Crippen LogP contribution in [0.1, 0.15) is 55.9 Å². The highest BCUT2D eigenvalue weighted by atomic mass is 35.5. The van der Waals surface area contributed by atoms with Crippen molar-refractivity contribution in [3.63, 3.8) is 0 Å². The van der Waals surface area contributed by atoms with Crippen LogP contribution in [0.15, 0.2) is 17.5 Å². The molecule has 1 aromatic rings. The second-order valence-electron chi connectivity index (χ2n) is 10.6. The summed E-state index contributed by atoms with van der Waals surface area (Å²) in [6.07, 6.45) is -0.559. The Morgan fingerprint density at radius 2 is 2.11 bits per heavy atom. The Bertz CT molecular complexity index is 996. The van der Waals surface area contributed by atoms with Gasteiger partial charge in [0, 0.05) is 49.8 Å². The summed E-state index contributed by atoms with van der Waals surface area (Å²) in [5.74, 6) is -0.469. The van der Waals surface area contributed by atoms with Gasteiger partial charge in [0.1, 0.15) is 12.3 Å². The van der Waals surface area contributed by atoms with Crippen molar-refractivity contribution >= 4 is 11.6 Å². The lowest BCUT2D eigenvalue weighted by Gasteiger charge is -2.38. The molecule has 206 valence electrons. The van der Waals surface area contributed by atoms with Crippen molar-refractivity contribution < 1.29 is 27.8 Å². The van der Waals surface area contributed by atoms with E-state index in [0.717, 1.165) is 30.0 Å². The van der Waals surface area contributed by atoms with E-state index < -0.39 is 12.6 Å². The molecule has 1 saturated carbocycles. The summed E-state index contributed by atoms with van der Waals surface area (Å²) in [4.78, 5) is 8.94. The SMILES string of the molecule is CC1=C(CO)N(CC2CCO2)C(CN2CCc3cc(C(F)F)c(OCC4CCC(Cl)CC4F)nc3C2)N1. The molecule has 37 heavy (non-hydrogen) atoms. The van der Waals surface area contributed by atoms with Crippen molar-refractivity contribution in [1.29, 1.82) is 0 Å². The number of halogens is 4. The number of hydrogen-bond acceptors (Lipinski definition) is 7. The zero-order chi connectivity index (χ0) is 26.1. The lowest BCUT2D eigenvalue weighted by Crippen LogP contribution is -2.51. The van der Waals surface area contributed by atoms with E-state index in [-0.39, 0.29) is 54.6 Å². The van der Waals surface area contributed by atoms with Crippen LogP contribution >= 0.6 is 11.6 Å². The van der Waals surface area contributed by atoms with Gasteiger partial charge in [-0.1, -0.05) is 0 Å². The number of alkyl halides is 4. The molecule has 0 amide bonds. The van der Waals surface area contributed by atoms with Gasteiger partial charge in [0.25, 0.3) is 6.43 Å². The monoisotopic (exact) mass is 544 g/mol. The maximum absolute atomic E-state index is 14.4. The summed E-state index contributed by atoms with van der Waals surface area (Å²) >= 11 is 6.06. The van der Waals surface area contributed by atoms with E-state index in [9.17, 15) is 18.3 Å². The largest absolute Gasteiger partial charge is 0.477 e. The van der Waals surface area contributed by atoms with Crippen molar-refractivity contribution in [2.75, 3.05) is 39.5 Å². The van der Waals surface area contributed by atoms with E-state index in [4.69, 9.17) is 21.1 Å². The van der Waals surface area contributed by atoms with Gasteiger partial charge in [-0.3, -0.25) is 4.90 Å². The number of rotatable bonds is 9. The minimum atomic E-state index is -2.72. The molecule has 3 aliphatic heterocycles. The maximum atomic E-state index is 14.4. The highest BCUT2D eigenvalue weighted by molar-refractivity contribution is 6.20. The van der Waals surface area contributed by atoms with Gasteiger partial charge in [-0.2, -0.15) is 0 Å². The number of aliphatic hydroxyl groups is 1. The second-order valence-corrected chi connectivity index (χ2v) is 11.2. The molecule has 4 aliphatic rings. The Labute approximate surface area is 220 Å². The summed E-state index contributed by atoms with van der Waals surface area (Å²) in [5.41, 5.74) is 3.11. The average molecular weight is 545 g/mol. The third kappa shape index (κ3) is 5.97. The van der Waals surface area contributed by atoms with Crippen molar-refractivity contribution in [3.8, 4) is 5.88 Å². The van der Waals surface area contributed by atoms with Crippen LogP contribution in [-0.4, -0.2) is 83.2 Å². The number of hydrogen-bond donors (Lipinski definition) is 2. The number of allylic oxidation sites excluding steroid dienone is 1. The molecule has 0 spiro atoms. The van der Waals surface area contributed by atoms with Gasteiger partial charge < -0.3 is 24.8 Å². The number of pyridine rings is 1. The summed E-state index contributed by atoms with van der Waals surface area (Å²) in [6, 6.07) is 1.51. The first kappa shape index (κ1) is 26.8. The normalized spacial score (nSPS) is 30.4. The molecule has 2 fully saturated rings. The van der Waals surface area contributed by atoms with Gasteiger partial charge in [0.05, 0.1) is 36.3 Å². The lowest BCUT2D eigenvalue weighted by molar-refractivity contribution is -0.0686. The molecule has 0 radical (unpaired) electrons. The molecule has 5 atom stereocenters. The van der Waals surface area contributed by atoms with Crippen LogP contribution in [0, 0.1) is 5.92 Å². The molecule has 4 heterocycles. The summed E-state index contributed by atoms with van der Waals surface area (Å²) in [5, 5.41) is 13.2. The maximum Gasteiger partial charge on any atom is 0.269 e. The number of aliphatic hydroxyl groups excluding tert-OH is 1. The Kier molecular flexibility index (Phi) is 8.38. The van der Waals surface area contributed by atoms with Crippen molar-refractivity contribution in [3.05, 3.63) is 34.3 Å². The van der Waals surface area contributed by atoms with Crippen molar-refractivity contribution in [2.24, 2.45) is 5.92 Å². The van der Waals surface area contributed by atoms with Crippen LogP contribution in [0.4, 0.5) is 13.2 Å². The first-order chi connectivity index (χ1) is 17.8. The van der Waals surface area contributed by atoms with Gasteiger partial charge >= 0.3 is 0 Å². The van der Waals surface area contributed by atoms with Gasteiger partial charge in [0.2, 0.25) is 5.88 Å². The second kappa shape index (κ2) is 11.6. The molecule has 5 rings (SSSR count). The first-order valence-electron chi connectivity index (χ1n) is 13.2. The lowest BCUT2D eigenvalue weighted by atomic mass is 9.88. The van der Waals surface area contributed by atoms with E-state index in [1.54, 1.807) is 0 Å². The van der Waals surface area contributed by atoms with Gasteiger partial charge in [-0.05, 0) is 50.7 Å². The molecule has 11 heteroatoms. The fraction of sp³-hybridized carbons (Fsp3) is 0.731. The molecule has 1 aliphatic carbocycles. The van der Waals surface area contributed by atoms with Crippen LogP contribution in [0.2, 0.25) is 0 Å². The van der Waals surface area contributed by atoms with Crippen LogP contribution in [0.3, 0.4) is 0 Å². The number of ether oxygens (including phenoxy) is 2. The highest BCUT2D eigenvalue weighted by Gasteiger charge is 2.35. The summed E-state index contributed by atoms with van der Waals surface area (Å²) in [6.45, 7) is 5.30. The molecule has 0 aromatic carbocycles. The van der Waals surface area contributed by atoms with Gasteiger partial charge in [0.15, 0.2) is 0 Å². The summed E-state index contributed by atoms with van der Waals surface area (Å²) in [7, 11) is 0. The standard InChI is InChI=1S/C26H36ClF3N4O3/c1-15-23(13-35)34(10-19-5-7-36-19)24(31-15)12-33-6-4-16-8-20(25(29)30)26(32-22(16)11-33)37-14-17-2-3-18(27)9-21(17)28/h8,17-19,21,24-25,31,35H,2-7,9-14H2,1H3. The van der Waals surface area contributed by atoms with Crippen LogP contribution < -0.4 is 10.1 Å². The van der Waals surface area contributed by atoms with Crippen LogP contribution in [0.5, 0.6) is 5.88 Å². The minimum absolute atomic E-state index is 0.0130.